The van der Waals surface area contributed by atoms with Crippen LogP contribution in [-0.2, 0) is 17.5 Å². The molecule has 4 heterocycles. The van der Waals surface area contributed by atoms with E-state index >= 15 is 4.39 Å². The number of rotatable bonds is 10. The first-order valence-corrected chi connectivity index (χ1v) is 14.9. The molecule has 0 radical (unpaired) electrons. The van der Waals surface area contributed by atoms with E-state index in [0.717, 1.165) is 49.2 Å². The molecule has 2 aromatic heterocycles. The third-order valence-electron chi connectivity index (χ3n) is 7.92. The van der Waals surface area contributed by atoms with Crippen molar-refractivity contribution in [1.29, 1.82) is 0 Å². The lowest BCUT2D eigenvalue weighted by atomic mass is 10.1. The Balaban J connectivity index is 0.00000461. The Morgan fingerprint density at radius 3 is 2.58 bits per heavy atom. The number of aromatic nitrogens is 3. The fraction of sp³-hybridized carbons (Fsp3) is 0.517. The van der Waals surface area contributed by atoms with Gasteiger partial charge in [-0.2, -0.15) is 17.6 Å². The van der Waals surface area contributed by atoms with Crippen LogP contribution in [0.4, 0.5) is 43.1 Å². The van der Waals surface area contributed by atoms with Gasteiger partial charge < -0.3 is 15.3 Å². The van der Waals surface area contributed by atoms with Gasteiger partial charge in [-0.25, -0.2) is 23.7 Å². The normalized spacial score (nSPS) is 19.5. The number of aliphatic carboxylic acids is 1. The van der Waals surface area contributed by atoms with Gasteiger partial charge in [0.25, 0.3) is 0 Å². The number of halogens is 6. The second kappa shape index (κ2) is 14.3. The lowest BCUT2D eigenvalue weighted by molar-refractivity contribution is -0.138. The van der Waals surface area contributed by atoms with Gasteiger partial charge in [0.2, 0.25) is 5.82 Å². The monoisotopic (exact) mass is 659 g/mol. The molecule has 9 nitrogen and oxygen atoms in total. The molecular weight excluding hydrogens is 624 g/mol. The molecule has 5 rings (SSSR count). The van der Waals surface area contributed by atoms with Crippen LogP contribution < -0.4 is 10.2 Å². The SMILES string of the molecule is C.C[C@@H]1CCCN1Cc1sc(Nc2ncnc(N3CCN(CCC(=O)O)[C@@H](CF)C3)c2F)nc1-c1cc(F)cc(C(F)(F)F)c1. The smallest absolute Gasteiger partial charge is 0.416 e. The summed E-state index contributed by atoms with van der Waals surface area (Å²) in [6, 6.07) is 1.85. The Labute approximate surface area is 260 Å². The number of carboxylic acids is 1. The van der Waals surface area contributed by atoms with Crippen molar-refractivity contribution in [2.45, 2.75) is 58.4 Å². The minimum atomic E-state index is -4.76. The molecular formula is C29H35F6N7O2S. The number of likely N-dealkylation sites (tertiary alicyclic amines) is 1. The van der Waals surface area contributed by atoms with Gasteiger partial charge in [-0.15, -0.1) is 0 Å². The van der Waals surface area contributed by atoms with E-state index < -0.39 is 42.1 Å². The number of nitrogens with zero attached hydrogens (tertiary/aromatic N) is 6. The Morgan fingerprint density at radius 2 is 1.91 bits per heavy atom. The molecule has 2 aliphatic rings. The average molecular weight is 660 g/mol. The maximum absolute atomic E-state index is 15.8. The zero-order valence-corrected chi connectivity index (χ0v) is 24.6. The van der Waals surface area contributed by atoms with Gasteiger partial charge >= 0.3 is 12.1 Å². The van der Waals surface area contributed by atoms with E-state index in [4.69, 9.17) is 5.11 Å². The molecule has 2 fully saturated rings. The molecule has 2 aliphatic heterocycles. The maximum atomic E-state index is 15.8. The van der Waals surface area contributed by atoms with E-state index in [0.29, 0.717) is 24.0 Å². The van der Waals surface area contributed by atoms with Gasteiger partial charge in [0.15, 0.2) is 16.8 Å². The number of nitrogens with one attached hydrogen (secondary N) is 1. The Morgan fingerprint density at radius 1 is 1.13 bits per heavy atom. The second-order valence-corrected chi connectivity index (χ2v) is 12.0. The molecule has 1 aromatic carbocycles. The van der Waals surface area contributed by atoms with Gasteiger partial charge in [0.05, 0.1) is 23.7 Å². The fourth-order valence-electron chi connectivity index (χ4n) is 5.57. The fourth-order valence-corrected chi connectivity index (χ4v) is 6.58. The van der Waals surface area contributed by atoms with Crippen molar-refractivity contribution >= 4 is 34.1 Å². The number of carboxylic acid groups (broad SMARTS) is 1. The summed E-state index contributed by atoms with van der Waals surface area (Å²) in [6.07, 6.45) is -1.85. The van der Waals surface area contributed by atoms with E-state index in [2.05, 4.69) is 25.2 Å². The summed E-state index contributed by atoms with van der Waals surface area (Å²) in [7, 11) is 0. The summed E-state index contributed by atoms with van der Waals surface area (Å²) in [5, 5.41) is 11.9. The Bertz CT molecular complexity index is 1490. The summed E-state index contributed by atoms with van der Waals surface area (Å²) in [4.78, 5) is 29.5. The quantitative estimate of drug-likeness (QED) is 0.247. The first-order valence-electron chi connectivity index (χ1n) is 14.1. The number of carbonyl (C=O) groups is 1. The topological polar surface area (TPSA) is 97.7 Å². The molecule has 0 aliphatic carbocycles. The van der Waals surface area contributed by atoms with Crippen molar-refractivity contribution in [1.82, 2.24) is 24.8 Å². The van der Waals surface area contributed by atoms with E-state index in [1.165, 1.54) is 0 Å². The third kappa shape index (κ3) is 8.02. The average Bonchev–Trinajstić information content (AvgIpc) is 3.57. The molecule has 0 spiro atoms. The Kier molecular flexibility index (Phi) is 10.9. The lowest BCUT2D eigenvalue weighted by Crippen LogP contribution is -2.55. The van der Waals surface area contributed by atoms with Crippen LogP contribution in [0.15, 0.2) is 24.5 Å². The number of benzene rings is 1. The number of alkyl halides is 4. The van der Waals surface area contributed by atoms with Gasteiger partial charge in [-0.1, -0.05) is 18.8 Å². The van der Waals surface area contributed by atoms with E-state index in [1.807, 2.05) is 6.92 Å². The van der Waals surface area contributed by atoms with Crippen LogP contribution >= 0.6 is 11.3 Å². The van der Waals surface area contributed by atoms with Crippen LogP contribution in [0.25, 0.3) is 11.3 Å². The molecule has 0 saturated carbocycles. The number of thiazole rings is 1. The molecule has 2 N–H and O–H groups in total. The van der Waals surface area contributed by atoms with E-state index in [9.17, 15) is 26.7 Å². The summed E-state index contributed by atoms with van der Waals surface area (Å²) in [6.45, 7) is 3.24. The predicted molar refractivity (Wildman–Crippen MR) is 159 cm³/mol. The molecule has 2 saturated heterocycles. The largest absolute Gasteiger partial charge is 0.481 e. The van der Waals surface area contributed by atoms with Crippen LogP contribution in [0, 0.1) is 11.6 Å². The summed E-state index contributed by atoms with van der Waals surface area (Å²) < 4.78 is 84.4. The van der Waals surface area contributed by atoms with Crippen LogP contribution in [0.2, 0.25) is 0 Å². The molecule has 3 aromatic rings. The highest BCUT2D eigenvalue weighted by molar-refractivity contribution is 7.16. The number of anilines is 3. The van der Waals surface area contributed by atoms with Crippen molar-refractivity contribution < 1.29 is 36.2 Å². The zero-order chi connectivity index (χ0) is 31.6. The minimum Gasteiger partial charge on any atom is -0.481 e. The molecule has 45 heavy (non-hydrogen) atoms. The van der Waals surface area contributed by atoms with Crippen molar-refractivity contribution in [3.05, 3.63) is 46.6 Å². The zero-order valence-electron chi connectivity index (χ0n) is 23.7. The van der Waals surface area contributed by atoms with Crippen LogP contribution in [0.1, 0.15) is 44.1 Å². The Hall–Kier alpha value is -3.50. The summed E-state index contributed by atoms with van der Waals surface area (Å²) in [5.74, 6) is -3.21. The predicted octanol–water partition coefficient (Wildman–Crippen LogP) is 6.20. The van der Waals surface area contributed by atoms with E-state index in [1.54, 1.807) is 9.80 Å². The van der Waals surface area contributed by atoms with Crippen molar-refractivity contribution in [3.63, 3.8) is 0 Å². The standard InChI is InChI=1S/C28H31F6N7O2S.CH4/c1-16-3-2-5-40(16)14-21-24(17-9-18(28(32,33)34)11-19(30)10-17)37-27(44-21)38-25-23(31)26(36-15-35-25)41-8-7-39(6-4-22(42)43)20(12-29)13-41;/h9-11,15-16,20H,2-8,12-14H2,1H3,(H,42,43)(H,35,36,37,38);1H4/t16-,20+;/m1./s1. The highest BCUT2D eigenvalue weighted by atomic mass is 32.1. The molecule has 0 bridgehead atoms. The summed E-state index contributed by atoms with van der Waals surface area (Å²) >= 11 is 1.11. The van der Waals surface area contributed by atoms with Crippen molar-refractivity contribution in [3.8, 4) is 11.3 Å². The maximum Gasteiger partial charge on any atom is 0.416 e. The van der Waals surface area contributed by atoms with Gasteiger partial charge in [0.1, 0.15) is 18.8 Å². The van der Waals surface area contributed by atoms with Crippen LogP contribution in [0.5, 0.6) is 0 Å². The van der Waals surface area contributed by atoms with Crippen molar-refractivity contribution in [2.75, 3.05) is 49.6 Å². The lowest BCUT2D eigenvalue weighted by Gasteiger charge is -2.40. The molecule has 246 valence electrons. The van der Waals surface area contributed by atoms with Gasteiger partial charge in [-0.05, 0) is 44.5 Å². The third-order valence-corrected chi connectivity index (χ3v) is 8.88. The second-order valence-electron chi connectivity index (χ2n) is 10.9. The first-order chi connectivity index (χ1) is 20.9. The van der Waals surface area contributed by atoms with Crippen LogP contribution in [-0.4, -0.2) is 87.3 Å². The first kappa shape index (κ1) is 34.4. The molecule has 2 atom stereocenters. The highest BCUT2D eigenvalue weighted by Gasteiger charge is 2.33. The number of hydrogen-bond acceptors (Lipinski definition) is 9. The van der Waals surface area contributed by atoms with Crippen LogP contribution in [0.3, 0.4) is 0 Å². The minimum absolute atomic E-state index is 0. The van der Waals surface area contributed by atoms with Crippen molar-refractivity contribution in [2.24, 2.45) is 0 Å². The van der Waals surface area contributed by atoms with Gasteiger partial charge in [0, 0.05) is 49.2 Å². The molecule has 16 heteroatoms. The van der Waals surface area contributed by atoms with Gasteiger partial charge in [-0.3, -0.25) is 14.6 Å². The summed E-state index contributed by atoms with van der Waals surface area (Å²) in [5.41, 5.74) is -1.04. The molecule has 0 unspecified atom stereocenters. The highest BCUT2D eigenvalue weighted by Crippen LogP contribution is 2.39. The number of hydrogen-bond donors (Lipinski definition) is 2. The number of piperazine rings is 1. The molecule has 0 amide bonds. The van der Waals surface area contributed by atoms with E-state index in [-0.39, 0.29) is 67.5 Å².